The van der Waals surface area contributed by atoms with E-state index in [1.807, 2.05) is 6.20 Å². The van der Waals surface area contributed by atoms with Crippen molar-refractivity contribution in [1.82, 2.24) is 10.6 Å². The molecule has 0 aromatic heterocycles. The van der Waals surface area contributed by atoms with Crippen LogP contribution in [-0.4, -0.2) is 19.6 Å². The third kappa shape index (κ3) is 3.51. The molecule has 2 N–H and O–H groups in total. The molecule has 0 aromatic carbocycles. The summed E-state index contributed by atoms with van der Waals surface area (Å²) in [6.07, 6.45) is 8.12. The SMILES string of the molecule is C1=CNCCCCCNC1. The van der Waals surface area contributed by atoms with Crippen molar-refractivity contribution in [2.24, 2.45) is 0 Å². The number of rotatable bonds is 0. The minimum atomic E-state index is 1.01. The van der Waals surface area contributed by atoms with Gasteiger partial charge in [-0.25, -0.2) is 0 Å². The Morgan fingerprint density at radius 3 is 2.90 bits per heavy atom. The third-order valence-corrected chi connectivity index (χ3v) is 1.67. The van der Waals surface area contributed by atoms with Crippen LogP contribution in [0.2, 0.25) is 0 Å². The smallest absolute Gasteiger partial charge is 0.0151 e. The first kappa shape index (κ1) is 7.61. The molecule has 2 heteroatoms. The highest BCUT2D eigenvalue weighted by Gasteiger charge is 1.89. The lowest BCUT2D eigenvalue weighted by molar-refractivity contribution is 0.605. The maximum absolute atomic E-state index is 3.33. The van der Waals surface area contributed by atoms with Gasteiger partial charge < -0.3 is 10.6 Å². The zero-order valence-electron chi connectivity index (χ0n) is 6.40. The van der Waals surface area contributed by atoms with E-state index in [1.165, 1.54) is 25.8 Å². The largest absolute Gasteiger partial charge is 0.391 e. The molecule has 1 heterocycles. The van der Waals surface area contributed by atoms with Crippen LogP contribution < -0.4 is 10.6 Å². The second-order valence-electron chi connectivity index (χ2n) is 2.62. The van der Waals surface area contributed by atoms with Gasteiger partial charge >= 0.3 is 0 Å². The van der Waals surface area contributed by atoms with Crippen LogP contribution >= 0.6 is 0 Å². The number of hydrogen-bond acceptors (Lipinski definition) is 2. The van der Waals surface area contributed by atoms with E-state index in [2.05, 4.69) is 16.7 Å². The highest BCUT2D eigenvalue weighted by Crippen LogP contribution is 1.92. The fourth-order valence-electron chi connectivity index (χ4n) is 1.06. The second-order valence-corrected chi connectivity index (χ2v) is 2.62. The van der Waals surface area contributed by atoms with Crippen molar-refractivity contribution in [3.8, 4) is 0 Å². The topological polar surface area (TPSA) is 24.1 Å². The molecule has 0 saturated heterocycles. The first-order valence-electron chi connectivity index (χ1n) is 4.09. The van der Waals surface area contributed by atoms with E-state index in [0.717, 1.165) is 13.1 Å². The van der Waals surface area contributed by atoms with Gasteiger partial charge in [0.15, 0.2) is 0 Å². The molecular formula is C8H16N2. The molecule has 0 atom stereocenters. The van der Waals surface area contributed by atoms with Crippen LogP contribution in [0.3, 0.4) is 0 Å². The molecular weight excluding hydrogens is 124 g/mol. The molecule has 0 unspecified atom stereocenters. The second kappa shape index (κ2) is 5.30. The maximum Gasteiger partial charge on any atom is 0.0151 e. The normalized spacial score (nSPS) is 21.6. The zero-order valence-corrected chi connectivity index (χ0v) is 6.40. The molecule has 1 aliphatic rings. The van der Waals surface area contributed by atoms with E-state index < -0.39 is 0 Å². The summed E-state index contributed by atoms with van der Waals surface area (Å²) in [5.41, 5.74) is 0. The summed E-state index contributed by atoms with van der Waals surface area (Å²) in [6.45, 7) is 3.31. The first-order valence-corrected chi connectivity index (χ1v) is 4.09. The van der Waals surface area contributed by atoms with Crippen LogP contribution in [0.25, 0.3) is 0 Å². The van der Waals surface area contributed by atoms with Crippen molar-refractivity contribution in [2.45, 2.75) is 19.3 Å². The minimum Gasteiger partial charge on any atom is -0.391 e. The monoisotopic (exact) mass is 140 g/mol. The summed E-state index contributed by atoms with van der Waals surface area (Å²) in [5.74, 6) is 0. The molecule has 0 aliphatic carbocycles. The van der Waals surface area contributed by atoms with E-state index in [-0.39, 0.29) is 0 Å². The molecule has 0 aromatic rings. The summed E-state index contributed by atoms with van der Waals surface area (Å²) >= 11 is 0. The van der Waals surface area contributed by atoms with Crippen LogP contribution in [-0.2, 0) is 0 Å². The predicted molar refractivity (Wildman–Crippen MR) is 43.9 cm³/mol. The van der Waals surface area contributed by atoms with E-state index in [0.29, 0.717) is 0 Å². The van der Waals surface area contributed by atoms with Crippen molar-refractivity contribution < 1.29 is 0 Å². The highest BCUT2D eigenvalue weighted by molar-refractivity contribution is 4.82. The zero-order chi connectivity index (χ0) is 7.07. The van der Waals surface area contributed by atoms with E-state index in [1.54, 1.807) is 0 Å². The number of nitrogens with one attached hydrogen (secondary N) is 2. The lowest BCUT2D eigenvalue weighted by Gasteiger charge is -2.05. The lowest BCUT2D eigenvalue weighted by Crippen LogP contribution is -2.18. The van der Waals surface area contributed by atoms with Gasteiger partial charge in [0, 0.05) is 13.1 Å². The van der Waals surface area contributed by atoms with Crippen molar-refractivity contribution in [1.29, 1.82) is 0 Å². The Labute approximate surface area is 62.7 Å². The van der Waals surface area contributed by atoms with Gasteiger partial charge in [0.2, 0.25) is 0 Å². The Balaban J connectivity index is 2.13. The lowest BCUT2D eigenvalue weighted by atomic mass is 10.2. The summed E-state index contributed by atoms with van der Waals surface area (Å²) in [6, 6.07) is 0. The highest BCUT2D eigenvalue weighted by atomic mass is 14.9. The third-order valence-electron chi connectivity index (χ3n) is 1.67. The van der Waals surface area contributed by atoms with Crippen LogP contribution in [0.5, 0.6) is 0 Å². The Bertz CT molecular complexity index is 87.4. The van der Waals surface area contributed by atoms with Gasteiger partial charge in [-0.15, -0.1) is 0 Å². The van der Waals surface area contributed by atoms with E-state index >= 15 is 0 Å². The standard InChI is InChI=1S/C8H16N2/c1-2-5-9-7-4-8-10-6-3-1/h4,7,9-10H,1-3,5-6,8H2. The van der Waals surface area contributed by atoms with Crippen LogP contribution in [0.4, 0.5) is 0 Å². The summed E-state index contributed by atoms with van der Waals surface area (Å²) < 4.78 is 0. The molecule has 0 saturated carbocycles. The van der Waals surface area contributed by atoms with Crippen molar-refractivity contribution in [3.63, 3.8) is 0 Å². The molecule has 0 radical (unpaired) electrons. The van der Waals surface area contributed by atoms with Gasteiger partial charge in [0.1, 0.15) is 0 Å². The van der Waals surface area contributed by atoms with Crippen molar-refractivity contribution in [2.75, 3.05) is 19.6 Å². The van der Waals surface area contributed by atoms with Gasteiger partial charge in [-0.05, 0) is 25.6 Å². The summed E-state index contributed by atoms with van der Waals surface area (Å²) in [5, 5.41) is 6.56. The molecule has 1 aliphatic heterocycles. The minimum absolute atomic E-state index is 1.01. The molecule has 1 rings (SSSR count). The maximum atomic E-state index is 3.33. The molecule has 0 amide bonds. The molecule has 58 valence electrons. The van der Waals surface area contributed by atoms with Crippen LogP contribution in [0, 0.1) is 0 Å². The predicted octanol–water partition coefficient (Wildman–Crippen LogP) is 0.863. The summed E-state index contributed by atoms with van der Waals surface area (Å²) in [7, 11) is 0. The Kier molecular flexibility index (Phi) is 4.03. The fraction of sp³-hybridized carbons (Fsp3) is 0.750. The van der Waals surface area contributed by atoms with E-state index in [4.69, 9.17) is 0 Å². The van der Waals surface area contributed by atoms with Gasteiger partial charge in [-0.1, -0.05) is 12.5 Å². The first-order chi connectivity index (χ1) is 5.00. The molecule has 10 heavy (non-hydrogen) atoms. The van der Waals surface area contributed by atoms with Crippen LogP contribution in [0.15, 0.2) is 12.3 Å². The van der Waals surface area contributed by atoms with Gasteiger partial charge in [0.05, 0.1) is 0 Å². The van der Waals surface area contributed by atoms with Gasteiger partial charge in [0.25, 0.3) is 0 Å². The average molecular weight is 140 g/mol. The van der Waals surface area contributed by atoms with Crippen molar-refractivity contribution in [3.05, 3.63) is 12.3 Å². The number of hydrogen-bond donors (Lipinski definition) is 2. The quantitative estimate of drug-likeness (QED) is 0.521. The van der Waals surface area contributed by atoms with Crippen molar-refractivity contribution >= 4 is 0 Å². The molecule has 0 fully saturated rings. The van der Waals surface area contributed by atoms with Gasteiger partial charge in [-0.2, -0.15) is 0 Å². The molecule has 0 spiro atoms. The molecule has 0 bridgehead atoms. The molecule has 2 nitrogen and oxygen atoms in total. The van der Waals surface area contributed by atoms with E-state index in [9.17, 15) is 0 Å². The van der Waals surface area contributed by atoms with Crippen LogP contribution in [0.1, 0.15) is 19.3 Å². The Hall–Kier alpha value is -0.500. The Morgan fingerprint density at radius 1 is 1.00 bits per heavy atom. The average Bonchev–Trinajstić information content (AvgIpc) is 2.01. The Morgan fingerprint density at radius 2 is 1.90 bits per heavy atom. The van der Waals surface area contributed by atoms with Gasteiger partial charge in [-0.3, -0.25) is 0 Å². The fourth-order valence-corrected chi connectivity index (χ4v) is 1.06. The summed E-state index contributed by atoms with van der Waals surface area (Å²) in [4.78, 5) is 0.